The molecule has 7 nitrogen and oxygen atoms in total. The molecular weight excluding hydrogens is 318 g/mol. The minimum absolute atomic E-state index is 0.174. The molecule has 3 atom stereocenters. The van der Waals surface area contributed by atoms with E-state index in [1.165, 1.54) is 0 Å². The van der Waals surface area contributed by atoms with Gasteiger partial charge in [0, 0.05) is 31.1 Å². The number of amides is 1. The first-order chi connectivity index (χ1) is 11.8. The van der Waals surface area contributed by atoms with Crippen LogP contribution in [0.5, 0.6) is 0 Å². The van der Waals surface area contributed by atoms with Crippen molar-refractivity contribution < 1.29 is 9.53 Å². The van der Waals surface area contributed by atoms with Gasteiger partial charge in [-0.05, 0) is 53.4 Å². The van der Waals surface area contributed by atoms with Crippen LogP contribution in [0.2, 0.25) is 0 Å². The topological polar surface area (TPSA) is 72.3 Å². The normalized spacial score (nSPS) is 24.9. The van der Waals surface area contributed by atoms with Crippen molar-refractivity contribution in [1.82, 2.24) is 25.0 Å². The molecule has 0 aliphatic carbocycles. The predicted octanol–water partition coefficient (Wildman–Crippen LogP) is 2.36. The first-order valence-corrected chi connectivity index (χ1v) is 9.44. The third kappa shape index (κ3) is 4.71. The fraction of sp³-hybridized carbons (Fsp3) is 0.833. The number of hydrogen-bond donors (Lipinski definition) is 1. The van der Waals surface area contributed by atoms with Crippen LogP contribution in [0.15, 0.2) is 6.33 Å². The van der Waals surface area contributed by atoms with E-state index >= 15 is 0 Å². The lowest BCUT2D eigenvalue weighted by Gasteiger charge is -2.32. The number of ether oxygens (including phenoxy) is 1. The van der Waals surface area contributed by atoms with Crippen molar-refractivity contribution in [3.05, 3.63) is 12.2 Å². The smallest absolute Gasteiger partial charge is 0.410 e. The van der Waals surface area contributed by atoms with E-state index in [9.17, 15) is 4.79 Å². The van der Waals surface area contributed by atoms with Crippen LogP contribution in [0.4, 0.5) is 4.79 Å². The molecule has 2 aliphatic heterocycles. The number of likely N-dealkylation sites (tertiary alicyclic amines) is 1. The maximum atomic E-state index is 12.4. The van der Waals surface area contributed by atoms with Crippen LogP contribution in [0.3, 0.4) is 0 Å². The number of carbonyl (C=O) groups excluding carboxylic acids is 1. The van der Waals surface area contributed by atoms with Crippen LogP contribution in [0.25, 0.3) is 0 Å². The number of carbonyl (C=O) groups is 1. The minimum Gasteiger partial charge on any atom is -0.444 e. The Hall–Kier alpha value is -1.63. The largest absolute Gasteiger partial charge is 0.444 e. The summed E-state index contributed by atoms with van der Waals surface area (Å²) in [6.45, 7) is 9.64. The van der Waals surface area contributed by atoms with E-state index in [-0.39, 0.29) is 12.1 Å². The molecule has 7 heteroatoms. The number of fused-ring (bicyclic) bond motifs is 1. The second-order valence-corrected chi connectivity index (χ2v) is 8.37. The first-order valence-electron chi connectivity index (χ1n) is 9.44. The summed E-state index contributed by atoms with van der Waals surface area (Å²) in [5.74, 6) is 1.08. The maximum Gasteiger partial charge on any atom is 0.410 e. The third-order valence-corrected chi connectivity index (χ3v) is 4.96. The number of hydrogen-bond acceptors (Lipinski definition) is 5. The van der Waals surface area contributed by atoms with E-state index in [2.05, 4.69) is 22.3 Å². The Labute approximate surface area is 150 Å². The quantitative estimate of drug-likeness (QED) is 0.903. The van der Waals surface area contributed by atoms with E-state index in [1.54, 1.807) is 6.33 Å². The number of aromatic nitrogens is 3. The molecule has 140 valence electrons. The van der Waals surface area contributed by atoms with Crippen molar-refractivity contribution in [3.8, 4) is 0 Å². The summed E-state index contributed by atoms with van der Waals surface area (Å²) in [6.07, 6.45) is 6.60. The molecular formula is C18H31N5O2. The minimum atomic E-state index is -0.439. The third-order valence-electron chi connectivity index (χ3n) is 4.96. The molecule has 25 heavy (non-hydrogen) atoms. The van der Waals surface area contributed by atoms with Gasteiger partial charge >= 0.3 is 6.09 Å². The summed E-state index contributed by atoms with van der Waals surface area (Å²) in [4.78, 5) is 18.6. The van der Waals surface area contributed by atoms with Gasteiger partial charge in [0.25, 0.3) is 0 Å². The second-order valence-electron chi connectivity index (χ2n) is 8.37. The van der Waals surface area contributed by atoms with E-state index in [0.717, 1.165) is 51.0 Å². The molecule has 1 fully saturated rings. The number of aryl methyl sites for hydroxylation is 1. The molecule has 1 amide bonds. The van der Waals surface area contributed by atoms with Crippen molar-refractivity contribution >= 4 is 6.09 Å². The van der Waals surface area contributed by atoms with E-state index in [1.807, 2.05) is 30.4 Å². The molecule has 0 unspecified atom stereocenters. The SMILES string of the molecule is C[C@H](C[C@H]1CCCN1C(=O)OC(C)(C)C)N[C@H]1CCc2ncnn2C1. The van der Waals surface area contributed by atoms with Gasteiger partial charge in [-0.15, -0.1) is 0 Å². The number of rotatable bonds is 4. The Morgan fingerprint density at radius 1 is 1.44 bits per heavy atom. The van der Waals surface area contributed by atoms with Gasteiger partial charge < -0.3 is 15.0 Å². The van der Waals surface area contributed by atoms with E-state index in [4.69, 9.17) is 4.74 Å². The zero-order chi connectivity index (χ0) is 18.0. The monoisotopic (exact) mass is 349 g/mol. The standard InChI is InChI=1S/C18H31N5O2/c1-13(21-14-7-8-16-19-12-20-23(16)11-14)10-15-6-5-9-22(15)17(24)25-18(2,3)4/h12-15,21H,5-11H2,1-4H3/t13-,14+,15-/m1/s1. The van der Waals surface area contributed by atoms with E-state index < -0.39 is 5.60 Å². The highest BCUT2D eigenvalue weighted by Crippen LogP contribution is 2.24. The molecule has 1 aromatic rings. The van der Waals surface area contributed by atoms with E-state index in [0.29, 0.717) is 12.1 Å². The maximum absolute atomic E-state index is 12.4. The Balaban J connectivity index is 1.50. The molecule has 0 bridgehead atoms. The number of nitrogens with one attached hydrogen (secondary N) is 1. The van der Waals surface area contributed by atoms with Crippen molar-refractivity contribution in [2.75, 3.05) is 6.54 Å². The molecule has 0 spiro atoms. The molecule has 3 heterocycles. The van der Waals surface area contributed by atoms with Gasteiger partial charge in [-0.1, -0.05) is 0 Å². The summed E-state index contributed by atoms with van der Waals surface area (Å²) in [6, 6.07) is 1.03. The summed E-state index contributed by atoms with van der Waals surface area (Å²) < 4.78 is 7.56. The van der Waals surface area contributed by atoms with Crippen LogP contribution in [0.1, 0.15) is 59.2 Å². The van der Waals surface area contributed by atoms with Crippen molar-refractivity contribution in [3.63, 3.8) is 0 Å². The molecule has 0 aromatic carbocycles. The average Bonchev–Trinajstić information content (AvgIpc) is 3.13. The molecule has 1 N–H and O–H groups in total. The average molecular weight is 349 g/mol. The molecule has 0 radical (unpaired) electrons. The van der Waals surface area contributed by atoms with Gasteiger partial charge in [0.2, 0.25) is 0 Å². The fourth-order valence-corrected chi connectivity index (χ4v) is 3.89. The molecule has 3 rings (SSSR count). The van der Waals surface area contributed by atoms with Crippen LogP contribution >= 0.6 is 0 Å². The lowest BCUT2D eigenvalue weighted by atomic mass is 10.0. The van der Waals surface area contributed by atoms with Gasteiger partial charge in [-0.3, -0.25) is 0 Å². The highest BCUT2D eigenvalue weighted by Gasteiger charge is 2.33. The number of nitrogens with zero attached hydrogens (tertiary/aromatic N) is 4. The van der Waals surface area contributed by atoms with Crippen LogP contribution in [-0.2, 0) is 17.7 Å². The van der Waals surface area contributed by atoms with Crippen molar-refractivity contribution in [2.24, 2.45) is 0 Å². The molecule has 2 aliphatic rings. The highest BCUT2D eigenvalue weighted by atomic mass is 16.6. The Morgan fingerprint density at radius 3 is 3.00 bits per heavy atom. The van der Waals surface area contributed by atoms with Crippen LogP contribution in [0, 0.1) is 0 Å². The molecule has 0 saturated carbocycles. The van der Waals surface area contributed by atoms with Crippen molar-refractivity contribution in [1.29, 1.82) is 0 Å². The zero-order valence-corrected chi connectivity index (χ0v) is 15.9. The Morgan fingerprint density at radius 2 is 2.24 bits per heavy atom. The Bertz CT molecular complexity index is 595. The molecule has 1 aromatic heterocycles. The van der Waals surface area contributed by atoms with Gasteiger partial charge in [0.05, 0.1) is 6.54 Å². The predicted molar refractivity (Wildman–Crippen MR) is 95.3 cm³/mol. The summed E-state index contributed by atoms with van der Waals surface area (Å²) in [5, 5.41) is 8.00. The summed E-state index contributed by atoms with van der Waals surface area (Å²) in [7, 11) is 0. The lowest BCUT2D eigenvalue weighted by molar-refractivity contribution is 0.0213. The summed E-state index contributed by atoms with van der Waals surface area (Å²) in [5.41, 5.74) is -0.439. The van der Waals surface area contributed by atoms with Gasteiger partial charge in [-0.25, -0.2) is 14.5 Å². The van der Waals surface area contributed by atoms with Gasteiger partial charge in [0.1, 0.15) is 17.8 Å². The second kappa shape index (κ2) is 7.32. The lowest BCUT2D eigenvalue weighted by Crippen LogP contribution is -2.46. The first kappa shape index (κ1) is 18.2. The van der Waals surface area contributed by atoms with Crippen molar-refractivity contribution in [2.45, 2.75) is 90.1 Å². The fourth-order valence-electron chi connectivity index (χ4n) is 3.89. The van der Waals surface area contributed by atoms with Crippen LogP contribution in [-0.4, -0.2) is 56.0 Å². The van der Waals surface area contributed by atoms with Gasteiger partial charge in [0.15, 0.2) is 0 Å². The molecule has 1 saturated heterocycles. The van der Waals surface area contributed by atoms with Gasteiger partial charge in [-0.2, -0.15) is 5.10 Å². The summed E-state index contributed by atoms with van der Waals surface area (Å²) >= 11 is 0. The highest BCUT2D eigenvalue weighted by molar-refractivity contribution is 5.68. The Kier molecular flexibility index (Phi) is 5.32. The van der Waals surface area contributed by atoms with Crippen LogP contribution < -0.4 is 5.32 Å². The zero-order valence-electron chi connectivity index (χ0n) is 15.9.